The molecule has 7 heteroatoms. The summed E-state index contributed by atoms with van der Waals surface area (Å²) in [5.74, 6) is -1.16. The molecule has 96 valence electrons. The van der Waals surface area contributed by atoms with Gasteiger partial charge < -0.3 is 10.6 Å². The van der Waals surface area contributed by atoms with E-state index in [1.807, 2.05) is 0 Å². The second-order valence-corrected chi connectivity index (χ2v) is 4.29. The molecule has 18 heavy (non-hydrogen) atoms. The first-order chi connectivity index (χ1) is 8.56. The second kappa shape index (κ2) is 5.32. The third-order valence-electron chi connectivity index (χ3n) is 2.52. The van der Waals surface area contributed by atoms with Crippen LogP contribution in [0.1, 0.15) is 0 Å². The van der Waals surface area contributed by atoms with Gasteiger partial charge in [0.15, 0.2) is 0 Å². The molecule has 0 spiro atoms. The first kappa shape index (κ1) is 12.8. The molecule has 2 rings (SSSR count). The van der Waals surface area contributed by atoms with Gasteiger partial charge in [0.1, 0.15) is 11.9 Å². The van der Waals surface area contributed by atoms with Crippen molar-refractivity contribution in [2.45, 2.75) is 6.04 Å². The van der Waals surface area contributed by atoms with E-state index in [1.165, 1.54) is 18.2 Å². The van der Waals surface area contributed by atoms with Crippen LogP contribution in [0.15, 0.2) is 18.2 Å². The Hall–Kier alpha value is -1.66. The van der Waals surface area contributed by atoms with Crippen molar-refractivity contribution in [3.05, 3.63) is 29.0 Å². The summed E-state index contributed by atoms with van der Waals surface area (Å²) in [7, 11) is 0. The zero-order valence-corrected chi connectivity index (χ0v) is 10.1. The fraction of sp³-hybridized carbons (Fsp3) is 0.273. The maximum absolute atomic E-state index is 13.4. The molecule has 1 aromatic carbocycles. The SMILES string of the molecule is O=C1CNC(C(=O)Nc2cc(Cl)ccc2F)CN1. The molecule has 1 aromatic rings. The van der Waals surface area contributed by atoms with Gasteiger partial charge in [0.25, 0.3) is 0 Å². The van der Waals surface area contributed by atoms with Gasteiger partial charge in [0.2, 0.25) is 11.8 Å². The Morgan fingerprint density at radius 3 is 2.94 bits per heavy atom. The molecule has 1 aliphatic heterocycles. The minimum absolute atomic E-state index is 0.0196. The molecule has 1 saturated heterocycles. The molecule has 2 amide bonds. The number of carbonyl (C=O) groups excluding carboxylic acids is 2. The molecule has 1 fully saturated rings. The Bertz CT molecular complexity index is 485. The van der Waals surface area contributed by atoms with Gasteiger partial charge in [-0.25, -0.2) is 4.39 Å². The number of benzene rings is 1. The number of nitrogens with one attached hydrogen (secondary N) is 3. The third kappa shape index (κ3) is 2.96. The van der Waals surface area contributed by atoms with Gasteiger partial charge in [-0.3, -0.25) is 14.9 Å². The Morgan fingerprint density at radius 1 is 1.50 bits per heavy atom. The van der Waals surface area contributed by atoms with E-state index in [9.17, 15) is 14.0 Å². The highest BCUT2D eigenvalue weighted by molar-refractivity contribution is 6.30. The summed E-state index contributed by atoms with van der Waals surface area (Å²) in [5.41, 5.74) is 0.0196. The zero-order valence-electron chi connectivity index (χ0n) is 9.30. The van der Waals surface area contributed by atoms with Crippen LogP contribution in [0.4, 0.5) is 10.1 Å². The van der Waals surface area contributed by atoms with Gasteiger partial charge >= 0.3 is 0 Å². The predicted molar refractivity (Wildman–Crippen MR) is 64.8 cm³/mol. The maximum Gasteiger partial charge on any atom is 0.243 e. The van der Waals surface area contributed by atoms with E-state index in [4.69, 9.17) is 11.6 Å². The first-order valence-electron chi connectivity index (χ1n) is 5.32. The average Bonchev–Trinajstić information content (AvgIpc) is 2.34. The third-order valence-corrected chi connectivity index (χ3v) is 2.75. The first-order valence-corrected chi connectivity index (χ1v) is 5.70. The highest BCUT2D eigenvalue weighted by Gasteiger charge is 2.24. The summed E-state index contributed by atoms with van der Waals surface area (Å²) in [4.78, 5) is 22.7. The van der Waals surface area contributed by atoms with Crippen LogP contribution in [-0.4, -0.2) is 30.9 Å². The Labute approximate surface area is 108 Å². The van der Waals surface area contributed by atoms with Crippen LogP contribution < -0.4 is 16.0 Å². The van der Waals surface area contributed by atoms with Gasteiger partial charge in [-0.05, 0) is 18.2 Å². The molecular weight excluding hydrogens is 261 g/mol. The Kier molecular flexibility index (Phi) is 3.78. The topological polar surface area (TPSA) is 70.2 Å². The summed E-state index contributed by atoms with van der Waals surface area (Å²) in [6.07, 6.45) is 0. The number of piperazine rings is 1. The molecule has 0 aromatic heterocycles. The lowest BCUT2D eigenvalue weighted by Crippen LogP contribution is -2.56. The number of rotatable bonds is 2. The van der Waals surface area contributed by atoms with Crippen LogP contribution in [0.3, 0.4) is 0 Å². The van der Waals surface area contributed by atoms with Crippen molar-refractivity contribution in [2.75, 3.05) is 18.4 Å². The minimum atomic E-state index is -0.582. The monoisotopic (exact) mass is 271 g/mol. The van der Waals surface area contributed by atoms with Crippen molar-refractivity contribution in [1.29, 1.82) is 0 Å². The number of anilines is 1. The number of hydrogen-bond acceptors (Lipinski definition) is 3. The fourth-order valence-electron chi connectivity index (χ4n) is 1.56. The fourth-order valence-corrected chi connectivity index (χ4v) is 1.74. The molecular formula is C11H11ClFN3O2. The molecule has 1 unspecified atom stereocenters. The number of amides is 2. The summed E-state index contributed by atoms with van der Waals surface area (Å²) in [6.45, 7) is 0.239. The predicted octanol–water partition coefficient (Wildman–Crippen LogP) is 0.506. The smallest absolute Gasteiger partial charge is 0.243 e. The van der Waals surface area contributed by atoms with Gasteiger partial charge in [0, 0.05) is 11.6 Å². The van der Waals surface area contributed by atoms with Crippen molar-refractivity contribution in [2.24, 2.45) is 0 Å². The molecule has 0 bridgehead atoms. The summed E-state index contributed by atoms with van der Waals surface area (Å²) >= 11 is 5.71. The molecule has 5 nitrogen and oxygen atoms in total. The molecule has 1 atom stereocenters. The second-order valence-electron chi connectivity index (χ2n) is 3.85. The standard InChI is InChI=1S/C11H11ClFN3O2/c12-6-1-2-7(13)8(3-6)16-11(18)9-4-15-10(17)5-14-9/h1-3,9,14H,4-5H2,(H,15,17)(H,16,18). The van der Waals surface area contributed by atoms with Crippen molar-refractivity contribution in [1.82, 2.24) is 10.6 Å². The number of hydrogen-bond donors (Lipinski definition) is 3. The summed E-state index contributed by atoms with van der Waals surface area (Å²) in [6, 6.07) is 3.32. The van der Waals surface area contributed by atoms with E-state index in [2.05, 4.69) is 16.0 Å². The lowest BCUT2D eigenvalue weighted by atomic mass is 10.2. The van der Waals surface area contributed by atoms with Crippen molar-refractivity contribution >= 4 is 29.1 Å². The van der Waals surface area contributed by atoms with Crippen molar-refractivity contribution in [3.8, 4) is 0 Å². The summed E-state index contributed by atoms with van der Waals surface area (Å²) < 4.78 is 13.4. The largest absolute Gasteiger partial charge is 0.353 e. The Morgan fingerprint density at radius 2 is 2.28 bits per heavy atom. The van der Waals surface area contributed by atoms with Crippen molar-refractivity contribution < 1.29 is 14.0 Å². The average molecular weight is 272 g/mol. The van der Waals surface area contributed by atoms with Gasteiger partial charge in [0.05, 0.1) is 12.2 Å². The highest BCUT2D eigenvalue weighted by atomic mass is 35.5. The lowest BCUT2D eigenvalue weighted by Gasteiger charge is -2.23. The maximum atomic E-state index is 13.4. The molecule has 0 radical (unpaired) electrons. The van der Waals surface area contributed by atoms with Crippen LogP contribution in [0.25, 0.3) is 0 Å². The molecule has 1 aliphatic rings. The van der Waals surface area contributed by atoms with Crippen LogP contribution in [0.5, 0.6) is 0 Å². The van der Waals surface area contributed by atoms with Crippen LogP contribution in [0, 0.1) is 5.82 Å². The molecule has 0 saturated carbocycles. The minimum Gasteiger partial charge on any atom is -0.353 e. The normalized spacial score (nSPS) is 19.2. The van der Waals surface area contributed by atoms with E-state index in [-0.39, 0.29) is 24.7 Å². The van der Waals surface area contributed by atoms with E-state index in [0.717, 1.165) is 0 Å². The number of halogens is 2. The van der Waals surface area contributed by atoms with E-state index >= 15 is 0 Å². The number of carbonyl (C=O) groups is 2. The zero-order chi connectivity index (χ0) is 13.1. The van der Waals surface area contributed by atoms with Crippen LogP contribution in [0.2, 0.25) is 5.02 Å². The molecule has 0 aliphatic carbocycles. The van der Waals surface area contributed by atoms with E-state index < -0.39 is 17.8 Å². The molecule has 3 N–H and O–H groups in total. The van der Waals surface area contributed by atoms with Gasteiger partial charge in [-0.1, -0.05) is 11.6 Å². The van der Waals surface area contributed by atoms with E-state index in [1.54, 1.807) is 0 Å². The van der Waals surface area contributed by atoms with Crippen molar-refractivity contribution in [3.63, 3.8) is 0 Å². The van der Waals surface area contributed by atoms with Crippen LogP contribution >= 0.6 is 11.6 Å². The van der Waals surface area contributed by atoms with Crippen LogP contribution in [-0.2, 0) is 9.59 Å². The van der Waals surface area contributed by atoms with E-state index in [0.29, 0.717) is 5.02 Å². The lowest BCUT2D eigenvalue weighted by molar-refractivity contribution is -0.124. The van der Waals surface area contributed by atoms with Gasteiger partial charge in [-0.2, -0.15) is 0 Å². The van der Waals surface area contributed by atoms with Gasteiger partial charge in [-0.15, -0.1) is 0 Å². The quantitative estimate of drug-likeness (QED) is 0.734. The molecule has 1 heterocycles. The Balaban J connectivity index is 2.02. The highest BCUT2D eigenvalue weighted by Crippen LogP contribution is 2.19. The summed E-state index contributed by atoms with van der Waals surface area (Å²) in [5, 5.41) is 8.04.